The van der Waals surface area contributed by atoms with E-state index in [-0.39, 0.29) is 10.7 Å². The highest BCUT2D eigenvalue weighted by atomic mass is 35.5. The van der Waals surface area contributed by atoms with Crippen LogP contribution in [0.4, 0.5) is 18.9 Å². The Labute approximate surface area is 180 Å². The molecule has 6 nitrogen and oxygen atoms in total. The van der Waals surface area contributed by atoms with Crippen LogP contribution in [0.5, 0.6) is 0 Å². The van der Waals surface area contributed by atoms with Crippen LogP contribution in [0.15, 0.2) is 18.2 Å². The molecule has 1 amide bonds. The molecule has 1 saturated heterocycles. The van der Waals surface area contributed by atoms with Gasteiger partial charge in [-0.3, -0.25) is 9.10 Å². The van der Waals surface area contributed by atoms with Gasteiger partial charge in [0.25, 0.3) is 0 Å². The minimum Gasteiger partial charge on any atom is -0.354 e. The summed E-state index contributed by atoms with van der Waals surface area (Å²) in [6, 6.07) is 2.36. The van der Waals surface area contributed by atoms with E-state index in [0.29, 0.717) is 23.3 Å². The third-order valence-corrected chi connectivity index (χ3v) is 6.35. The van der Waals surface area contributed by atoms with E-state index in [1.54, 1.807) is 0 Å². The van der Waals surface area contributed by atoms with Gasteiger partial charge in [-0.15, -0.1) is 0 Å². The molecular formula is C19H27ClF3N3O3S. The number of halogens is 4. The van der Waals surface area contributed by atoms with E-state index in [4.69, 9.17) is 11.6 Å². The minimum atomic E-state index is -4.67. The van der Waals surface area contributed by atoms with E-state index < -0.39 is 34.2 Å². The molecule has 1 N–H and O–H groups in total. The predicted octanol–water partition coefficient (Wildman–Crippen LogP) is 3.51. The number of hydrogen-bond acceptors (Lipinski definition) is 4. The number of nitrogens with one attached hydrogen (secondary N) is 1. The molecule has 2 rings (SSSR count). The fourth-order valence-corrected chi connectivity index (χ4v) is 4.47. The van der Waals surface area contributed by atoms with Crippen LogP contribution >= 0.6 is 11.6 Å². The molecule has 1 aliphatic rings. The topological polar surface area (TPSA) is 69.7 Å². The molecule has 1 aromatic rings. The number of carbonyl (C=O) groups is 1. The summed E-state index contributed by atoms with van der Waals surface area (Å²) in [5.41, 5.74) is -1.43. The fraction of sp³-hybridized carbons (Fsp3) is 0.632. The van der Waals surface area contributed by atoms with Gasteiger partial charge in [0.2, 0.25) is 15.9 Å². The molecule has 1 heterocycles. The number of anilines is 1. The zero-order valence-corrected chi connectivity index (χ0v) is 18.4. The van der Waals surface area contributed by atoms with Gasteiger partial charge in [-0.2, -0.15) is 13.2 Å². The second-order valence-corrected chi connectivity index (χ2v) is 9.71. The monoisotopic (exact) mass is 469 g/mol. The number of benzene rings is 1. The van der Waals surface area contributed by atoms with E-state index in [2.05, 4.69) is 10.2 Å². The molecular weight excluding hydrogens is 443 g/mol. The fourth-order valence-electron chi connectivity index (χ4n) is 3.34. The third kappa shape index (κ3) is 7.63. The zero-order valence-electron chi connectivity index (χ0n) is 16.8. The number of amides is 1. The highest BCUT2D eigenvalue weighted by Crippen LogP contribution is 2.36. The van der Waals surface area contributed by atoms with Crippen LogP contribution in [0, 0.1) is 0 Å². The van der Waals surface area contributed by atoms with Crippen molar-refractivity contribution >= 4 is 33.2 Å². The van der Waals surface area contributed by atoms with E-state index in [9.17, 15) is 26.4 Å². The van der Waals surface area contributed by atoms with Crippen molar-refractivity contribution in [3.63, 3.8) is 0 Å². The number of hydrogen-bond donors (Lipinski definition) is 1. The van der Waals surface area contributed by atoms with Crippen molar-refractivity contribution in [1.29, 1.82) is 0 Å². The van der Waals surface area contributed by atoms with Crippen LogP contribution in [0.25, 0.3) is 0 Å². The highest BCUT2D eigenvalue weighted by molar-refractivity contribution is 7.92. The molecule has 0 saturated carbocycles. The average Bonchev–Trinajstić information content (AvgIpc) is 2.91. The lowest BCUT2D eigenvalue weighted by atomic mass is 10.2. The summed E-state index contributed by atoms with van der Waals surface area (Å²) >= 11 is 5.95. The number of likely N-dealkylation sites (tertiary alicyclic amines) is 1. The molecule has 0 radical (unpaired) electrons. The normalized spacial score (nSPS) is 16.2. The zero-order chi connectivity index (χ0) is 22.4. The summed E-state index contributed by atoms with van der Waals surface area (Å²) in [6.45, 7) is 2.59. The van der Waals surface area contributed by atoms with E-state index >= 15 is 0 Å². The van der Waals surface area contributed by atoms with Crippen molar-refractivity contribution in [2.75, 3.05) is 43.3 Å². The molecule has 11 heteroatoms. The Morgan fingerprint density at radius 3 is 2.40 bits per heavy atom. The molecule has 0 bridgehead atoms. The molecule has 0 atom stereocenters. The quantitative estimate of drug-likeness (QED) is 0.591. The summed E-state index contributed by atoms with van der Waals surface area (Å²) in [7, 11) is -4.04. The van der Waals surface area contributed by atoms with Crippen LogP contribution in [0.2, 0.25) is 5.02 Å². The second kappa shape index (κ2) is 10.7. The van der Waals surface area contributed by atoms with Gasteiger partial charge in [0.1, 0.15) is 6.54 Å². The van der Waals surface area contributed by atoms with Crippen molar-refractivity contribution in [2.45, 2.75) is 38.3 Å². The van der Waals surface area contributed by atoms with E-state index in [1.165, 1.54) is 12.8 Å². The Hall–Kier alpha value is -1.52. The van der Waals surface area contributed by atoms with Gasteiger partial charge in [-0.25, -0.2) is 8.42 Å². The Morgan fingerprint density at radius 2 is 1.83 bits per heavy atom. The van der Waals surface area contributed by atoms with Crippen LogP contribution in [0.1, 0.15) is 37.7 Å². The smallest absolute Gasteiger partial charge is 0.354 e. The van der Waals surface area contributed by atoms with Gasteiger partial charge in [0.15, 0.2) is 0 Å². The lowest BCUT2D eigenvalue weighted by molar-refractivity contribution is -0.137. The maximum atomic E-state index is 13.0. The number of rotatable bonds is 8. The molecule has 1 aromatic carbocycles. The van der Waals surface area contributed by atoms with Crippen molar-refractivity contribution in [3.8, 4) is 0 Å². The van der Waals surface area contributed by atoms with Crippen LogP contribution in [0.3, 0.4) is 0 Å². The van der Waals surface area contributed by atoms with Gasteiger partial charge >= 0.3 is 6.18 Å². The second-order valence-electron chi connectivity index (χ2n) is 7.39. The maximum absolute atomic E-state index is 13.0. The van der Waals surface area contributed by atoms with Gasteiger partial charge in [-0.1, -0.05) is 24.4 Å². The molecule has 170 valence electrons. The summed E-state index contributed by atoms with van der Waals surface area (Å²) < 4.78 is 63.9. The summed E-state index contributed by atoms with van der Waals surface area (Å²) in [6.07, 6.45) is 1.63. The SMILES string of the molecule is CS(=O)(=O)N(CC(=O)NCCCN1CCCCCC1)c1cc(C(F)(F)F)ccc1Cl. The maximum Gasteiger partial charge on any atom is 0.416 e. The Bertz CT molecular complexity index is 826. The van der Waals surface area contributed by atoms with Crippen molar-refractivity contribution in [3.05, 3.63) is 28.8 Å². The summed E-state index contributed by atoms with van der Waals surface area (Å²) in [5.74, 6) is -0.607. The molecule has 0 aliphatic carbocycles. The first kappa shape index (κ1) is 24.7. The highest BCUT2D eigenvalue weighted by Gasteiger charge is 2.33. The number of carbonyl (C=O) groups excluding carboxylic acids is 1. The van der Waals surface area contributed by atoms with Gasteiger partial charge in [0.05, 0.1) is 22.5 Å². The Kier molecular flexibility index (Phi) is 8.81. The molecule has 1 fully saturated rings. The molecule has 1 aliphatic heterocycles. The first-order chi connectivity index (χ1) is 14.0. The Morgan fingerprint density at radius 1 is 1.20 bits per heavy atom. The first-order valence-corrected chi connectivity index (χ1v) is 12.0. The predicted molar refractivity (Wildman–Crippen MR) is 111 cm³/mol. The van der Waals surface area contributed by atoms with Gasteiger partial charge < -0.3 is 10.2 Å². The standard InChI is InChI=1S/C19H27ClF3N3O3S/c1-30(28,29)26(17-13-15(19(21,22)23)7-8-16(17)20)14-18(27)24-9-6-12-25-10-4-2-3-5-11-25/h7-8,13H,2-6,9-12,14H2,1H3,(H,24,27). The molecule has 0 spiro atoms. The van der Waals surface area contributed by atoms with E-state index in [1.807, 2.05) is 0 Å². The minimum absolute atomic E-state index is 0.192. The Balaban J connectivity index is 1.99. The van der Waals surface area contributed by atoms with Gasteiger partial charge in [-0.05, 0) is 57.1 Å². The number of sulfonamides is 1. The number of nitrogens with zero attached hydrogens (tertiary/aromatic N) is 2. The molecule has 0 aromatic heterocycles. The lowest BCUT2D eigenvalue weighted by Crippen LogP contribution is -2.41. The van der Waals surface area contributed by atoms with Gasteiger partial charge in [0, 0.05) is 6.54 Å². The van der Waals surface area contributed by atoms with Crippen LogP contribution < -0.4 is 9.62 Å². The van der Waals surface area contributed by atoms with Crippen LogP contribution in [-0.2, 0) is 21.0 Å². The summed E-state index contributed by atoms with van der Waals surface area (Å²) in [4.78, 5) is 14.6. The largest absolute Gasteiger partial charge is 0.416 e. The molecule has 0 unspecified atom stereocenters. The third-order valence-electron chi connectivity index (χ3n) is 4.90. The van der Waals surface area contributed by atoms with Crippen molar-refractivity contribution in [2.24, 2.45) is 0 Å². The summed E-state index contributed by atoms with van der Waals surface area (Å²) in [5, 5.41) is 2.45. The molecule has 30 heavy (non-hydrogen) atoms. The van der Waals surface area contributed by atoms with Crippen molar-refractivity contribution < 1.29 is 26.4 Å². The number of alkyl halides is 3. The van der Waals surface area contributed by atoms with Crippen molar-refractivity contribution in [1.82, 2.24) is 10.2 Å². The van der Waals surface area contributed by atoms with E-state index in [0.717, 1.165) is 50.9 Å². The van der Waals surface area contributed by atoms with Crippen LogP contribution in [-0.4, -0.2) is 58.2 Å². The average molecular weight is 470 g/mol. The first-order valence-electron chi connectivity index (χ1n) is 9.82. The lowest BCUT2D eigenvalue weighted by Gasteiger charge is -2.24.